The summed E-state index contributed by atoms with van der Waals surface area (Å²) >= 11 is 0. The minimum Gasteiger partial charge on any atom is -0.200 e. The van der Waals surface area contributed by atoms with E-state index in [-0.39, 0.29) is 19.3 Å². The van der Waals surface area contributed by atoms with Crippen molar-refractivity contribution in [1.82, 2.24) is 0 Å². The van der Waals surface area contributed by atoms with Gasteiger partial charge in [0, 0.05) is 6.42 Å². The lowest BCUT2D eigenvalue weighted by Gasteiger charge is -2.42. The van der Waals surface area contributed by atoms with E-state index in [0.717, 1.165) is 0 Å². The van der Waals surface area contributed by atoms with Crippen LogP contribution in [0.25, 0.3) is 0 Å². The molecule has 0 nitrogen and oxygen atoms in total. The predicted octanol–water partition coefficient (Wildman–Crippen LogP) is 6.55. The first-order valence-electron chi connectivity index (χ1n) is 6.91. The van der Waals surface area contributed by atoms with Gasteiger partial charge in [0.25, 0.3) is 0 Å². The quantitative estimate of drug-likeness (QED) is 0.396. The van der Waals surface area contributed by atoms with E-state index in [9.17, 15) is 65.9 Å². The van der Waals surface area contributed by atoms with Gasteiger partial charge in [0.15, 0.2) is 0 Å². The Morgan fingerprint density at radius 2 is 0.815 bits per heavy atom. The van der Waals surface area contributed by atoms with Crippen LogP contribution in [-0.2, 0) is 0 Å². The van der Waals surface area contributed by atoms with Gasteiger partial charge in [0.2, 0.25) is 0 Å². The lowest BCUT2D eigenvalue weighted by Crippen LogP contribution is -2.72. The fourth-order valence-electron chi connectivity index (χ4n) is 2.19. The van der Waals surface area contributed by atoms with Crippen LogP contribution >= 0.6 is 0 Å². The van der Waals surface area contributed by atoms with Gasteiger partial charge in [0.1, 0.15) is 0 Å². The monoisotopic (exact) mass is 438 g/mol. The van der Waals surface area contributed by atoms with Crippen molar-refractivity contribution in [2.45, 2.75) is 67.4 Å². The third-order valence-corrected chi connectivity index (χ3v) is 4.16. The molecule has 0 aliphatic heterocycles. The largest absolute Gasteiger partial charge is 0.460 e. The molecule has 162 valence electrons. The Bertz CT molecular complexity index is 539. The molecule has 0 atom stereocenters. The zero-order valence-electron chi connectivity index (χ0n) is 12.6. The summed E-state index contributed by atoms with van der Waals surface area (Å²) in [6, 6.07) is 0. The third kappa shape index (κ3) is 3.21. The van der Waals surface area contributed by atoms with Crippen molar-refractivity contribution in [3.05, 3.63) is 0 Å². The summed E-state index contributed by atoms with van der Waals surface area (Å²) in [5, 5.41) is 0. The first-order valence-corrected chi connectivity index (χ1v) is 6.91. The molecule has 15 heteroatoms. The fourth-order valence-corrected chi connectivity index (χ4v) is 2.19. The Morgan fingerprint density at radius 3 is 1.11 bits per heavy atom. The Morgan fingerprint density at radius 1 is 0.481 bits per heavy atom. The highest BCUT2D eigenvalue weighted by Crippen LogP contribution is 2.63. The topological polar surface area (TPSA) is 0 Å². The summed E-state index contributed by atoms with van der Waals surface area (Å²) in [5.74, 6) is -47.0. The molecule has 0 N–H and O–H groups in total. The molecule has 27 heavy (non-hydrogen) atoms. The summed E-state index contributed by atoms with van der Waals surface area (Å²) in [6.07, 6.45) is -9.98. The lowest BCUT2D eigenvalue weighted by atomic mass is 9.78. The number of rotatable bonds is 7. The van der Waals surface area contributed by atoms with E-state index in [1.54, 1.807) is 0 Å². The van der Waals surface area contributed by atoms with Gasteiger partial charge in [-0.2, -0.15) is 65.9 Å². The normalized spacial score (nSPS) is 19.2. The van der Waals surface area contributed by atoms with Gasteiger partial charge in [-0.05, 0) is 5.92 Å². The van der Waals surface area contributed by atoms with Crippen LogP contribution in [0.1, 0.15) is 25.7 Å². The second-order valence-electron chi connectivity index (χ2n) is 6.08. The van der Waals surface area contributed by atoms with Crippen LogP contribution in [-0.4, -0.2) is 41.7 Å². The van der Waals surface area contributed by atoms with E-state index >= 15 is 0 Å². The Kier molecular flexibility index (Phi) is 5.53. The minimum atomic E-state index is -8.19. The van der Waals surface area contributed by atoms with E-state index in [2.05, 4.69) is 0 Å². The number of halogens is 15. The smallest absolute Gasteiger partial charge is 0.200 e. The number of hydrogen-bond acceptors (Lipinski definition) is 0. The average molecular weight is 438 g/mol. The van der Waals surface area contributed by atoms with Crippen LogP contribution in [0.2, 0.25) is 0 Å². The van der Waals surface area contributed by atoms with Gasteiger partial charge in [-0.3, -0.25) is 0 Å². The maximum Gasteiger partial charge on any atom is 0.460 e. The molecule has 0 aromatic rings. The van der Waals surface area contributed by atoms with Crippen molar-refractivity contribution < 1.29 is 65.9 Å². The average Bonchev–Trinajstić information content (AvgIpc) is 2.40. The molecule has 0 saturated heterocycles. The molecule has 0 heterocycles. The van der Waals surface area contributed by atoms with E-state index in [4.69, 9.17) is 0 Å². The third-order valence-electron chi connectivity index (χ3n) is 4.16. The van der Waals surface area contributed by atoms with E-state index < -0.39 is 54.1 Å². The second kappa shape index (κ2) is 6.22. The van der Waals surface area contributed by atoms with E-state index in [1.807, 2.05) is 0 Å². The molecule has 1 rings (SSSR count). The molecule has 0 radical (unpaired) electrons. The molecule has 0 bridgehead atoms. The zero-order valence-corrected chi connectivity index (χ0v) is 12.6. The van der Waals surface area contributed by atoms with Gasteiger partial charge >= 0.3 is 41.7 Å². The van der Waals surface area contributed by atoms with Gasteiger partial charge in [0.05, 0.1) is 0 Å². The molecular weight excluding hydrogens is 429 g/mol. The Balaban J connectivity index is 3.40. The summed E-state index contributed by atoms with van der Waals surface area (Å²) < 4.78 is 193. The highest BCUT2D eigenvalue weighted by Gasteiger charge is 2.93. The van der Waals surface area contributed by atoms with Crippen LogP contribution in [0.4, 0.5) is 65.9 Å². The van der Waals surface area contributed by atoms with Gasteiger partial charge in [-0.1, -0.05) is 19.3 Å². The van der Waals surface area contributed by atoms with Crippen LogP contribution in [0.5, 0.6) is 0 Å². The van der Waals surface area contributed by atoms with E-state index in [1.165, 1.54) is 0 Å². The second-order valence-corrected chi connectivity index (χ2v) is 6.08. The van der Waals surface area contributed by atoms with Crippen molar-refractivity contribution >= 4 is 0 Å². The van der Waals surface area contributed by atoms with Gasteiger partial charge < -0.3 is 0 Å². The molecule has 0 amide bonds. The summed E-state index contributed by atoms with van der Waals surface area (Å²) in [7, 11) is 0. The Hall–Kier alpha value is -1.05. The molecule has 0 spiro atoms. The highest BCUT2D eigenvalue weighted by atomic mass is 19.4. The molecule has 0 aromatic heterocycles. The zero-order chi connectivity index (χ0) is 21.9. The van der Waals surface area contributed by atoms with Crippen LogP contribution in [0.15, 0.2) is 0 Å². The molecular formula is C12H9F15. The van der Waals surface area contributed by atoms with Crippen molar-refractivity contribution in [3.63, 3.8) is 0 Å². The van der Waals surface area contributed by atoms with Gasteiger partial charge in [-0.15, -0.1) is 0 Å². The summed E-state index contributed by atoms with van der Waals surface area (Å²) in [5.41, 5.74) is 0. The SMILES string of the molecule is FC(F)(F)C(F)(F)C(F)(F)C(F)(F)C(F)(F)C(F)(F)C(F)(F)CC1CCC1. The van der Waals surface area contributed by atoms with Crippen molar-refractivity contribution in [3.8, 4) is 0 Å². The Labute approximate surface area is 140 Å². The molecule has 1 aliphatic rings. The van der Waals surface area contributed by atoms with Crippen LogP contribution in [0, 0.1) is 5.92 Å². The van der Waals surface area contributed by atoms with Crippen LogP contribution in [0.3, 0.4) is 0 Å². The number of hydrogen-bond donors (Lipinski definition) is 0. The summed E-state index contributed by atoms with van der Waals surface area (Å²) in [4.78, 5) is 0. The van der Waals surface area contributed by atoms with E-state index in [0.29, 0.717) is 0 Å². The predicted molar refractivity (Wildman–Crippen MR) is 57.7 cm³/mol. The highest BCUT2D eigenvalue weighted by molar-refractivity contribution is 5.13. The molecule has 1 fully saturated rings. The maximum atomic E-state index is 13.4. The lowest BCUT2D eigenvalue weighted by molar-refractivity contribution is -0.453. The standard InChI is InChI=1S/C12H9F15/c13-6(14,4-5-2-1-3-5)7(15,16)8(17,18)9(19,20)10(21,22)11(23,24)12(25,26)27/h5H,1-4H2. The van der Waals surface area contributed by atoms with Crippen LogP contribution < -0.4 is 0 Å². The van der Waals surface area contributed by atoms with Crippen molar-refractivity contribution in [2.24, 2.45) is 5.92 Å². The molecule has 1 saturated carbocycles. The van der Waals surface area contributed by atoms with Crippen molar-refractivity contribution in [2.75, 3.05) is 0 Å². The number of alkyl halides is 15. The van der Waals surface area contributed by atoms with Crippen molar-refractivity contribution in [1.29, 1.82) is 0 Å². The summed E-state index contributed by atoms with van der Waals surface area (Å²) in [6.45, 7) is 0. The molecule has 0 aromatic carbocycles. The molecule has 0 unspecified atom stereocenters. The molecule has 1 aliphatic carbocycles. The fraction of sp³-hybridized carbons (Fsp3) is 1.00. The first-order chi connectivity index (χ1) is 11.6. The minimum absolute atomic E-state index is 0.189. The maximum absolute atomic E-state index is 13.4. The van der Waals surface area contributed by atoms with Gasteiger partial charge in [-0.25, -0.2) is 0 Å². The first kappa shape index (κ1) is 24.0.